The fraction of sp³-hybridized carbons (Fsp3) is 0.409. The predicted octanol–water partition coefficient (Wildman–Crippen LogP) is 3.90. The monoisotopic (exact) mass is 380 g/mol. The number of aryl methyl sites for hydroxylation is 1. The maximum atomic E-state index is 13.0. The van der Waals surface area contributed by atoms with Gasteiger partial charge in [-0.3, -0.25) is 4.79 Å². The number of hydrogen-bond acceptors (Lipinski definition) is 4. The first-order chi connectivity index (χ1) is 13.6. The molecule has 3 aromatic rings. The highest BCUT2D eigenvalue weighted by Crippen LogP contribution is 2.27. The largest absolute Gasteiger partial charge is 0.497 e. The molecule has 3 rings (SSSR count). The van der Waals surface area contributed by atoms with Crippen LogP contribution in [-0.4, -0.2) is 45.6 Å². The summed E-state index contributed by atoms with van der Waals surface area (Å²) in [6.07, 6.45) is 2.17. The first-order valence-electron chi connectivity index (χ1n) is 9.84. The maximum absolute atomic E-state index is 13.0. The predicted molar refractivity (Wildman–Crippen MR) is 111 cm³/mol. The molecule has 0 saturated heterocycles. The summed E-state index contributed by atoms with van der Waals surface area (Å²) in [4.78, 5) is 19.8. The molecule has 2 heterocycles. The van der Waals surface area contributed by atoms with Crippen LogP contribution in [-0.2, 0) is 11.2 Å². The van der Waals surface area contributed by atoms with Crippen molar-refractivity contribution in [3.63, 3.8) is 0 Å². The Kier molecular flexibility index (Phi) is 6.29. The Labute approximate surface area is 166 Å². The first-order valence-corrected chi connectivity index (χ1v) is 9.84. The van der Waals surface area contributed by atoms with Crippen molar-refractivity contribution in [2.75, 3.05) is 20.2 Å². The number of amides is 1. The summed E-state index contributed by atoms with van der Waals surface area (Å²) in [6, 6.07) is 11.6. The van der Waals surface area contributed by atoms with Crippen LogP contribution in [0.2, 0.25) is 0 Å². The number of rotatable bonds is 8. The van der Waals surface area contributed by atoms with E-state index < -0.39 is 0 Å². The number of nitrogens with zero attached hydrogens (tertiary/aromatic N) is 4. The molecule has 1 amide bonds. The molecule has 0 bridgehead atoms. The van der Waals surface area contributed by atoms with Gasteiger partial charge < -0.3 is 9.64 Å². The van der Waals surface area contributed by atoms with Gasteiger partial charge in [-0.25, -0.2) is 9.50 Å². The van der Waals surface area contributed by atoms with Crippen LogP contribution in [0, 0.1) is 6.92 Å². The van der Waals surface area contributed by atoms with E-state index in [1.165, 1.54) is 0 Å². The van der Waals surface area contributed by atoms with E-state index >= 15 is 0 Å². The van der Waals surface area contributed by atoms with Gasteiger partial charge in [0.05, 0.1) is 30.6 Å². The molecule has 0 aliphatic heterocycles. The van der Waals surface area contributed by atoms with Crippen LogP contribution in [0.15, 0.2) is 36.4 Å². The van der Waals surface area contributed by atoms with Crippen LogP contribution in [0.3, 0.4) is 0 Å². The molecule has 6 heteroatoms. The zero-order valence-corrected chi connectivity index (χ0v) is 17.1. The zero-order chi connectivity index (χ0) is 20.1. The molecule has 1 aromatic carbocycles. The topological polar surface area (TPSA) is 59.7 Å². The number of ether oxygens (including phenoxy) is 1. The van der Waals surface area contributed by atoms with Gasteiger partial charge in [0, 0.05) is 18.7 Å². The Morgan fingerprint density at radius 3 is 2.36 bits per heavy atom. The van der Waals surface area contributed by atoms with E-state index in [9.17, 15) is 4.79 Å². The standard InChI is InChI=1S/C22H28N4O2/c1-5-13-25(14-6-2)21(27)15-19-22(17-8-10-18(28-4)11-9-17)23-20-12-7-16(3)24-26(19)20/h7-12H,5-6,13-15H2,1-4H3. The second-order valence-electron chi connectivity index (χ2n) is 6.94. The van der Waals surface area contributed by atoms with Gasteiger partial charge in [-0.1, -0.05) is 13.8 Å². The van der Waals surface area contributed by atoms with Crippen LogP contribution in [0.4, 0.5) is 0 Å². The zero-order valence-electron chi connectivity index (χ0n) is 17.1. The van der Waals surface area contributed by atoms with Crippen LogP contribution >= 0.6 is 0 Å². The van der Waals surface area contributed by atoms with Gasteiger partial charge in [-0.15, -0.1) is 0 Å². The summed E-state index contributed by atoms with van der Waals surface area (Å²) in [5, 5.41) is 4.62. The normalized spacial score (nSPS) is 11.0. The molecule has 0 radical (unpaired) electrons. The summed E-state index contributed by atoms with van der Waals surface area (Å²) in [6.45, 7) is 7.68. The summed E-state index contributed by atoms with van der Waals surface area (Å²) >= 11 is 0. The van der Waals surface area contributed by atoms with Gasteiger partial charge in [-0.2, -0.15) is 5.10 Å². The van der Waals surface area contributed by atoms with Crippen molar-refractivity contribution < 1.29 is 9.53 Å². The third kappa shape index (κ3) is 4.16. The van der Waals surface area contributed by atoms with Crippen LogP contribution in [0.25, 0.3) is 16.9 Å². The number of imidazole rings is 1. The second kappa shape index (κ2) is 8.87. The Balaban J connectivity index is 2.05. The molecular weight excluding hydrogens is 352 g/mol. The molecule has 28 heavy (non-hydrogen) atoms. The number of aromatic nitrogens is 3. The third-order valence-electron chi connectivity index (χ3n) is 4.73. The van der Waals surface area contributed by atoms with Gasteiger partial charge in [-0.05, 0) is 56.2 Å². The number of benzene rings is 1. The molecule has 0 aliphatic rings. The average Bonchev–Trinajstić information content (AvgIpc) is 3.05. The molecule has 0 N–H and O–H groups in total. The van der Waals surface area contributed by atoms with E-state index in [1.54, 1.807) is 7.11 Å². The number of carbonyl (C=O) groups is 1. The molecule has 2 aromatic heterocycles. The molecule has 6 nitrogen and oxygen atoms in total. The number of fused-ring (bicyclic) bond motifs is 1. The van der Waals surface area contributed by atoms with E-state index in [0.717, 1.165) is 60.0 Å². The van der Waals surface area contributed by atoms with Crippen molar-refractivity contribution in [3.05, 3.63) is 47.8 Å². The van der Waals surface area contributed by atoms with E-state index in [-0.39, 0.29) is 12.3 Å². The van der Waals surface area contributed by atoms with Gasteiger partial charge in [0.1, 0.15) is 5.75 Å². The summed E-state index contributed by atoms with van der Waals surface area (Å²) in [5.41, 5.74) is 4.20. The van der Waals surface area contributed by atoms with Gasteiger partial charge in [0.15, 0.2) is 5.65 Å². The van der Waals surface area contributed by atoms with Crippen molar-refractivity contribution in [1.82, 2.24) is 19.5 Å². The van der Waals surface area contributed by atoms with Crippen LogP contribution < -0.4 is 4.74 Å². The van der Waals surface area contributed by atoms with Crippen LogP contribution in [0.1, 0.15) is 38.1 Å². The Morgan fingerprint density at radius 2 is 1.75 bits per heavy atom. The smallest absolute Gasteiger partial charge is 0.228 e. The van der Waals surface area contributed by atoms with E-state index in [0.29, 0.717) is 0 Å². The SMILES string of the molecule is CCCN(CCC)C(=O)Cc1c(-c2ccc(OC)cc2)nc2ccc(C)nn12. The lowest BCUT2D eigenvalue weighted by Gasteiger charge is -2.21. The van der Waals surface area contributed by atoms with E-state index in [1.807, 2.05) is 52.7 Å². The van der Waals surface area contributed by atoms with E-state index in [2.05, 4.69) is 18.9 Å². The van der Waals surface area contributed by atoms with Crippen LogP contribution in [0.5, 0.6) is 5.75 Å². The highest BCUT2D eigenvalue weighted by Gasteiger charge is 2.21. The lowest BCUT2D eigenvalue weighted by Crippen LogP contribution is -2.34. The minimum atomic E-state index is 0.114. The molecular formula is C22H28N4O2. The lowest BCUT2D eigenvalue weighted by atomic mass is 10.1. The molecule has 0 unspecified atom stereocenters. The summed E-state index contributed by atoms with van der Waals surface area (Å²) in [7, 11) is 1.65. The fourth-order valence-electron chi connectivity index (χ4n) is 3.37. The minimum Gasteiger partial charge on any atom is -0.497 e. The summed E-state index contributed by atoms with van der Waals surface area (Å²) < 4.78 is 7.07. The van der Waals surface area contributed by atoms with Crippen molar-refractivity contribution in [1.29, 1.82) is 0 Å². The first kappa shape index (κ1) is 19.9. The Bertz CT molecular complexity index is 941. The second-order valence-corrected chi connectivity index (χ2v) is 6.94. The maximum Gasteiger partial charge on any atom is 0.228 e. The molecule has 0 saturated carbocycles. The number of hydrogen-bond donors (Lipinski definition) is 0. The van der Waals surface area contributed by atoms with Crippen molar-refractivity contribution >= 4 is 11.6 Å². The molecule has 0 fully saturated rings. The van der Waals surface area contributed by atoms with E-state index in [4.69, 9.17) is 9.72 Å². The van der Waals surface area contributed by atoms with Crippen molar-refractivity contribution in [2.45, 2.75) is 40.0 Å². The fourth-order valence-corrected chi connectivity index (χ4v) is 3.37. The van der Waals surface area contributed by atoms with Gasteiger partial charge >= 0.3 is 0 Å². The molecule has 0 aliphatic carbocycles. The third-order valence-corrected chi connectivity index (χ3v) is 4.73. The summed E-state index contributed by atoms with van der Waals surface area (Å²) in [5.74, 6) is 0.903. The quantitative estimate of drug-likeness (QED) is 0.595. The number of carbonyl (C=O) groups excluding carboxylic acids is 1. The highest BCUT2D eigenvalue weighted by atomic mass is 16.5. The Morgan fingerprint density at radius 1 is 1.07 bits per heavy atom. The highest BCUT2D eigenvalue weighted by molar-refractivity contribution is 5.81. The molecule has 0 spiro atoms. The van der Waals surface area contributed by atoms with Gasteiger partial charge in [0.25, 0.3) is 0 Å². The number of methoxy groups -OCH3 is 1. The van der Waals surface area contributed by atoms with Crippen molar-refractivity contribution in [2.24, 2.45) is 0 Å². The lowest BCUT2D eigenvalue weighted by molar-refractivity contribution is -0.130. The van der Waals surface area contributed by atoms with Crippen molar-refractivity contribution in [3.8, 4) is 17.0 Å². The molecule has 148 valence electrons. The van der Waals surface area contributed by atoms with Gasteiger partial charge in [0.2, 0.25) is 5.91 Å². The average molecular weight is 380 g/mol. The minimum absolute atomic E-state index is 0.114. The molecule has 0 atom stereocenters. The Hall–Kier alpha value is -2.89.